The molecule has 1 fully saturated rings. The molecule has 1 aliphatic rings. The lowest BCUT2D eigenvalue weighted by Crippen LogP contribution is -2.36. The lowest BCUT2D eigenvalue weighted by atomic mass is 9.82. The lowest BCUT2D eigenvalue weighted by Gasteiger charge is -2.37. The summed E-state index contributed by atoms with van der Waals surface area (Å²) in [6, 6.07) is 9.53. The first-order chi connectivity index (χ1) is 10.2. The Morgan fingerprint density at radius 2 is 2.10 bits per heavy atom. The van der Waals surface area contributed by atoms with Gasteiger partial charge in [0.25, 0.3) is 0 Å². The summed E-state index contributed by atoms with van der Waals surface area (Å²) in [6.07, 6.45) is 3.43. The van der Waals surface area contributed by atoms with Crippen molar-refractivity contribution < 1.29 is 4.74 Å². The number of rotatable bonds is 5. The van der Waals surface area contributed by atoms with Gasteiger partial charge in [-0.05, 0) is 54.3 Å². The molecule has 0 unspecified atom stereocenters. The lowest BCUT2D eigenvalue weighted by molar-refractivity contribution is -0.0980. The van der Waals surface area contributed by atoms with Gasteiger partial charge in [-0.15, -0.1) is 5.10 Å². The molecule has 1 aromatic heterocycles. The van der Waals surface area contributed by atoms with Crippen molar-refractivity contribution >= 4 is 0 Å². The predicted molar refractivity (Wildman–Crippen MR) is 75.1 cm³/mol. The molecule has 2 aromatic rings. The quantitative estimate of drug-likeness (QED) is 0.839. The maximum Gasteiger partial charge on any atom is 0.177 e. The molecule has 21 heavy (non-hydrogen) atoms. The Morgan fingerprint density at radius 3 is 2.71 bits per heavy atom. The third-order valence-corrected chi connectivity index (χ3v) is 3.98. The van der Waals surface area contributed by atoms with Crippen LogP contribution in [0.15, 0.2) is 24.3 Å². The minimum absolute atomic E-state index is 0.00871. The molecule has 3 rings (SSSR count). The van der Waals surface area contributed by atoms with Crippen molar-refractivity contribution in [1.82, 2.24) is 20.2 Å². The Hall–Kier alpha value is -2.26. The van der Waals surface area contributed by atoms with E-state index < -0.39 is 0 Å². The number of ether oxygens (including phenoxy) is 1. The zero-order chi connectivity index (χ0) is 14.7. The summed E-state index contributed by atoms with van der Waals surface area (Å²) >= 11 is 0. The van der Waals surface area contributed by atoms with E-state index in [0.717, 1.165) is 24.2 Å². The van der Waals surface area contributed by atoms with Gasteiger partial charge in [0.1, 0.15) is 6.61 Å². The van der Waals surface area contributed by atoms with Crippen LogP contribution < -0.4 is 0 Å². The number of tetrazole rings is 1. The molecule has 0 N–H and O–H groups in total. The van der Waals surface area contributed by atoms with E-state index in [1.54, 1.807) is 16.8 Å². The van der Waals surface area contributed by atoms with Crippen LogP contribution in [-0.2, 0) is 17.9 Å². The number of hydrogen-bond acceptors (Lipinski definition) is 5. The minimum atomic E-state index is -0.00871. The first kappa shape index (κ1) is 13.7. The third-order valence-electron chi connectivity index (χ3n) is 3.98. The largest absolute Gasteiger partial charge is 0.367 e. The van der Waals surface area contributed by atoms with Crippen molar-refractivity contribution in [2.75, 3.05) is 0 Å². The molecule has 6 heteroatoms. The average Bonchev–Trinajstić information content (AvgIpc) is 2.91. The Bertz CT molecular complexity index is 651. The Morgan fingerprint density at radius 1 is 1.33 bits per heavy atom. The van der Waals surface area contributed by atoms with E-state index in [1.165, 1.54) is 6.42 Å². The van der Waals surface area contributed by atoms with E-state index in [4.69, 9.17) is 10.00 Å². The molecule has 108 valence electrons. The van der Waals surface area contributed by atoms with E-state index >= 15 is 0 Å². The molecule has 0 spiro atoms. The van der Waals surface area contributed by atoms with Crippen molar-refractivity contribution in [2.24, 2.45) is 0 Å². The minimum Gasteiger partial charge on any atom is -0.367 e. The Kier molecular flexibility index (Phi) is 3.67. The summed E-state index contributed by atoms with van der Waals surface area (Å²) < 4.78 is 7.66. The Balaban J connectivity index is 1.65. The highest BCUT2D eigenvalue weighted by molar-refractivity contribution is 5.31. The van der Waals surface area contributed by atoms with Crippen molar-refractivity contribution in [1.29, 1.82) is 5.26 Å². The second-order valence-corrected chi connectivity index (χ2v) is 5.65. The standard InChI is InChI=1S/C15H17N5O/c1-15(7-2-8-15)21-11-14-17-18-19-20(14)10-13-5-3-12(9-16)4-6-13/h3-6H,2,7-8,10-11H2,1H3. The highest BCUT2D eigenvalue weighted by Gasteiger charge is 2.33. The Labute approximate surface area is 123 Å². The summed E-state index contributed by atoms with van der Waals surface area (Å²) in [5, 5.41) is 20.6. The van der Waals surface area contributed by atoms with Crippen LogP contribution in [-0.4, -0.2) is 25.8 Å². The fourth-order valence-electron chi connectivity index (χ4n) is 2.36. The molecule has 0 amide bonds. The fraction of sp³-hybridized carbons (Fsp3) is 0.467. The van der Waals surface area contributed by atoms with Crippen LogP contribution in [0.5, 0.6) is 0 Å². The fourth-order valence-corrected chi connectivity index (χ4v) is 2.36. The third kappa shape index (κ3) is 3.09. The number of nitrogens with zero attached hydrogens (tertiary/aromatic N) is 5. The van der Waals surface area contributed by atoms with Crippen LogP contribution in [0.1, 0.15) is 43.1 Å². The SMILES string of the molecule is CC1(OCc2nnnn2Cc2ccc(C#N)cc2)CCC1. The van der Waals surface area contributed by atoms with Gasteiger partial charge in [0.15, 0.2) is 5.82 Å². The highest BCUT2D eigenvalue weighted by Crippen LogP contribution is 2.35. The van der Waals surface area contributed by atoms with E-state index in [9.17, 15) is 0 Å². The molecule has 0 saturated heterocycles. The van der Waals surface area contributed by atoms with E-state index in [1.807, 2.05) is 12.1 Å². The smallest absolute Gasteiger partial charge is 0.177 e. The molecule has 0 bridgehead atoms. The second-order valence-electron chi connectivity index (χ2n) is 5.65. The van der Waals surface area contributed by atoms with Crippen molar-refractivity contribution in [3.05, 3.63) is 41.2 Å². The summed E-state index contributed by atoms with van der Waals surface area (Å²) in [6.45, 7) is 3.14. The van der Waals surface area contributed by atoms with Crippen LogP contribution in [0.3, 0.4) is 0 Å². The molecule has 1 saturated carbocycles. The van der Waals surface area contributed by atoms with Gasteiger partial charge in [0, 0.05) is 0 Å². The first-order valence-electron chi connectivity index (χ1n) is 7.07. The molecular weight excluding hydrogens is 266 g/mol. The van der Waals surface area contributed by atoms with Gasteiger partial charge >= 0.3 is 0 Å². The van der Waals surface area contributed by atoms with Crippen LogP contribution in [0.4, 0.5) is 0 Å². The van der Waals surface area contributed by atoms with Crippen molar-refractivity contribution in [2.45, 2.75) is 44.9 Å². The van der Waals surface area contributed by atoms with E-state index in [2.05, 4.69) is 28.5 Å². The summed E-state index contributed by atoms with van der Waals surface area (Å²) in [5.74, 6) is 0.729. The van der Waals surface area contributed by atoms with Crippen LogP contribution >= 0.6 is 0 Å². The molecule has 6 nitrogen and oxygen atoms in total. The molecule has 1 aromatic carbocycles. The maximum absolute atomic E-state index is 8.80. The summed E-state index contributed by atoms with van der Waals surface area (Å²) in [5.41, 5.74) is 1.69. The van der Waals surface area contributed by atoms with Crippen LogP contribution in [0.25, 0.3) is 0 Å². The van der Waals surface area contributed by atoms with Gasteiger partial charge in [-0.1, -0.05) is 12.1 Å². The molecule has 1 aliphatic carbocycles. The van der Waals surface area contributed by atoms with E-state index in [-0.39, 0.29) is 5.60 Å². The van der Waals surface area contributed by atoms with Crippen molar-refractivity contribution in [3.8, 4) is 6.07 Å². The topological polar surface area (TPSA) is 76.6 Å². The summed E-state index contributed by atoms with van der Waals surface area (Å²) in [4.78, 5) is 0. The van der Waals surface area contributed by atoms with Gasteiger partial charge in [-0.25, -0.2) is 4.68 Å². The zero-order valence-corrected chi connectivity index (χ0v) is 12.0. The number of hydrogen-bond donors (Lipinski definition) is 0. The monoisotopic (exact) mass is 283 g/mol. The summed E-state index contributed by atoms with van der Waals surface area (Å²) in [7, 11) is 0. The number of aromatic nitrogens is 4. The van der Waals surface area contributed by atoms with Crippen LogP contribution in [0.2, 0.25) is 0 Å². The number of benzene rings is 1. The molecule has 0 radical (unpaired) electrons. The highest BCUT2D eigenvalue weighted by atomic mass is 16.5. The number of nitriles is 1. The average molecular weight is 283 g/mol. The predicted octanol–water partition coefficient (Wildman–Crippen LogP) is 2.05. The van der Waals surface area contributed by atoms with Gasteiger partial charge in [-0.3, -0.25) is 0 Å². The van der Waals surface area contributed by atoms with E-state index in [0.29, 0.717) is 18.7 Å². The van der Waals surface area contributed by atoms with Crippen molar-refractivity contribution in [3.63, 3.8) is 0 Å². The van der Waals surface area contributed by atoms with Gasteiger partial charge in [0.2, 0.25) is 0 Å². The second kappa shape index (κ2) is 5.62. The van der Waals surface area contributed by atoms with Gasteiger partial charge in [0.05, 0.1) is 23.8 Å². The molecular formula is C15H17N5O. The first-order valence-corrected chi connectivity index (χ1v) is 7.07. The van der Waals surface area contributed by atoms with Gasteiger partial charge in [-0.2, -0.15) is 5.26 Å². The van der Waals surface area contributed by atoms with Gasteiger partial charge < -0.3 is 4.74 Å². The van der Waals surface area contributed by atoms with Crippen LogP contribution in [0, 0.1) is 11.3 Å². The normalized spacial score (nSPS) is 16.2. The molecule has 0 atom stereocenters. The zero-order valence-electron chi connectivity index (χ0n) is 12.0. The molecule has 0 aliphatic heterocycles. The molecule has 1 heterocycles. The maximum atomic E-state index is 8.80.